The first kappa shape index (κ1) is 28.9. The summed E-state index contributed by atoms with van der Waals surface area (Å²) >= 11 is 0. The fraction of sp³-hybridized carbons (Fsp3) is 0.300. The first-order chi connectivity index (χ1) is 18.6. The van der Waals surface area contributed by atoms with Crippen LogP contribution >= 0.6 is 0 Å². The molecule has 0 amide bonds. The average molecular weight is 522 g/mol. The number of hydrogen-bond acceptors (Lipinski definition) is 8. The Bertz CT molecular complexity index is 1090. The minimum Gasteiger partial charge on any atom is -0.493 e. The number of rotatable bonds is 16. The highest BCUT2D eigenvalue weighted by atomic mass is 16.7. The van der Waals surface area contributed by atoms with Crippen LogP contribution in [0.15, 0.2) is 78.9 Å². The number of carbonyl (C=O) groups excluding carboxylic acids is 1. The second-order valence-corrected chi connectivity index (χ2v) is 8.29. The molecule has 0 aromatic heterocycles. The summed E-state index contributed by atoms with van der Waals surface area (Å²) < 4.78 is 33.1. The van der Waals surface area contributed by atoms with Gasteiger partial charge < -0.3 is 34.2 Å². The predicted octanol–water partition coefficient (Wildman–Crippen LogP) is 4.42. The number of ketones is 1. The minimum atomic E-state index is -0.836. The van der Waals surface area contributed by atoms with Crippen molar-refractivity contribution >= 4 is 11.9 Å². The van der Waals surface area contributed by atoms with Crippen molar-refractivity contribution in [3.8, 4) is 17.2 Å². The van der Waals surface area contributed by atoms with Gasteiger partial charge in [-0.1, -0.05) is 66.7 Å². The number of ether oxygens (including phenoxy) is 6. The Morgan fingerprint density at radius 3 is 1.97 bits per heavy atom. The van der Waals surface area contributed by atoms with Crippen molar-refractivity contribution in [1.29, 1.82) is 0 Å². The third-order valence-corrected chi connectivity index (χ3v) is 5.65. The molecule has 0 saturated heterocycles. The highest BCUT2D eigenvalue weighted by molar-refractivity contribution is 5.97. The molecule has 0 aliphatic carbocycles. The molecule has 0 spiro atoms. The zero-order chi connectivity index (χ0) is 27.2. The van der Waals surface area contributed by atoms with E-state index >= 15 is 0 Å². The summed E-state index contributed by atoms with van der Waals surface area (Å²) in [6.07, 6.45) is 2.74. The van der Waals surface area contributed by atoms with Gasteiger partial charge in [-0.2, -0.15) is 0 Å². The Balaban J connectivity index is 1.65. The molecule has 1 atom stereocenters. The van der Waals surface area contributed by atoms with Gasteiger partial charge in [-0.3, -0.25) is 4.79 Å². The summed E-state index contributed by atoms with van der Waals surface area (Å²) in [5.74, 6) is 1.00. The van der Waals surface area contributed by atoms with E-state index in [-0.39, 0.29) is 25.3 Å². The summed E-state index contributed by atoms with van der Waals surface area (Å²) in [7, 11) is 4.64. The van der Waals surface area contributed by atoms with Gasteiger partial charge in [0.2, 0.25) is 5.75 Å². The maximum Gasteiger partial charge on any atom is 0.206 e. The second-order valence-electron chi connectivity index (χ2n) is 8.29. The van der Waals surface area contributed by atoms with E-state index in [2.05, 4.69) is 0 Å². The average Bonchev–Trinajstić information content (AvgIpc) is 2.96. The third-order valence-electron chi connectivity index (χ3n) is 5.65. The number of benzene rings is 3. The van der Waals surface area contributed by atoms with E-state index in [9.17, 15) is 4.79 Å². The molecule has 38 heavy (non-hydrogen) atoms. The van der Waals surface area contributed by atoms with Gasteiger partial charge in [-0.05, 0) is 34.9 Å². The van der Waals surface area contributed by atoms with Gasteiger partial charge in [0.15, 0.2) is 24.1 Å². The van der Waals surface area contributed by atoms with Crippen LogP contribution in [0.1, 0.15) is 22.8 Å². The second kappa shape index (κ2) is 15.5. The molecule has 0 fully saturated rings. The Labute approximate surface area is 223 Å². The highest BCUT2D eigenvalue weighted by Gasteiger charge is 2.19. The standard InChI is InChI=1S/C30H35NO7/c1-33-16-17-36-21-38-30-27(34-2)18-22(19-28(30)35-3)14-15-26(32)25(31)20-37-29(23-10-6-4-7-11-23)24-12-8-5-9-13-24/h4-15,18-19,25,29H,16-17,20-21,31H2,1-3H3. The maximum absolute atomic E-state index is 12.8. The van der Waals surface area contributed by atoms with E-state index in [1.807, 2.05) is 60.7 Å². The molecule has 0 radical (unpaired) electrons. The van der Waals surface area contributed by atoms with Crippen LogP contribution in [-0.4, -0.2) is 59.8 Å². The fourth-order valence-electron chi connectivity index (χ4n) is 3.66. The molecule has 0 saturated carbocycles. The molecule has 0 aliphatic rings. The smallest absolute Gasteiger partial charge is 0.206 e. The van der Waals surface area contributed by atoms with Crippen LogP contribution in [0.2, 0.25) is 0 Å². The molecule has 3 rings (SSSR count). The first-order valence-electron chi connectivity index (χ1n) is 12.2. The Morgan fingerprint density at radius 1 is 0.868 bits per heavy atom. The number of hydrogen-bond donors (Lipinski definition) is 1. The van der Waals surface area contributed by atoms with Crippen molar-refractivity contribution in [1.82, 2.24) is 0 Å². The van der Waals surface area contributed by atoms with Gasteiger partial charge in [0, 0.05) is 7.11 Å². The largest absolute Gasteiger partial charge is 0.493 e. The fourth-order valence-corrected chi connectivity index (χ4v) is 3.66. The van der Waals surface area contributed by atoms with Crippen molar-refractivity contribution in [2.24, 2.45) is 5.73 Å². The van der Waals surface area contributed by atoms with Gasteiger partial charge in [-0.15, -0.1) is 0 Å². The summed E-state index contributed by atoms with van der Waals surface area (Å²) in [6, 6.07) is 22.3. The third kappa shape index (κ3) is 8.43. The van der Waals surface area contributed by atoms with Crippen LogP contribution in [-0.2, 0) is 19.0 Å². The van der Waals surface area contributed by atoms with Crippen LogP contribution in [0.3, 0.4) is 0 Å². The van der Waals surface area contributed by atoms with E-state index in [4.69, 9.17) is 34.2 Å². The van der Waals surface area contributed by atoms with Crippen molar-refractivity contribution in [3.05, 3.63) is 95.6 Å². The molecule has 0 heterocycles. The zero-order valence-electron chi connectivity index (χ0n) is 22.0. The van der Waals surface area contributed by atoms with Crippen molar-refractivity contribution in [2.75, 3.05) is 47.9 Å². The van der Waals surface area contributed by atoms with Crippen LogP contribution in [0, 0.1) is 0 Å². The molecule has 1 unspecified atom stereocenters. The van der Waals surface area contributed by atoms with Crippen molar-refractivity contribution in [3.63, 3.8) is 0 Å². The minimum absolute atomic E-state index is 0.00552. The molecule has 202 valence electrons. The van der Waals surface area contributed by atoms with Gasteiger partial charge >= 0.3 is 0 Å². The summed E-state index contributed by atoms with van der Waals surface area (Å²) in [4.78, 5) is 12.8. The van der Waals surface area contributed by atoms with Crippen LogP contribution < -0.4 is 19.9 Å². The predicted molar refractivity (Wildman–Crippen MR) is 146 cm³/mol. The van der Waals surface area contributed by atoms with Gasteiger partial charge in [-0.25, -0.2) is 0 Å². The monoisotopic (exact) mass is 521 g/mol. The Kier molecular flexibility index (Phi) is 11.8. The van der Waals surface area contributed by atoms with Crippen molar-refractivity contribution < 1.29 is 33.2 Å². The lowest BCUT2D eigenvalue weighted by Crippen LogP contribution is -2.34. The molecule has 2 N–H and O–H groups in total. The zero-order valence-corrected chi connectivity index (χ0v) is 22.0. The van der Waals surface area contributed by atoms with Crippen LogP contribution in [0.25, 0.3) is 6.08 Å². The summed E-state index contributed by atoms with van der Waals surface area (Å²) in [5.41, 5.74) is 8.84. The molecule has 8 nitrogen and oxygen atoms in total. The summed E-state index contributed by atoms with van der Waals surface area (Å²) in [5, 5.41) is 0. The quantitative estimate of drug-likeness (QED) is 0.168. The van der Waals surface area contributed by atoms with Gasteiger partial charge in [0.1, 0.15) is 6.10 Å². The molecule has 3 aromatic carbocycles. The molecular weight excluding hydrogens is 486 g/mol. The number of methoxy groups -OCH3 is 3. The van der Waals surface area contributed by atoms with Crippen LogP contribution in [0.5, 0.6) is 17.2 Å². The number of carbonyl (C=O) groups is 1. The lowest BCUT2D eigenvalue weighted by atomic mass is 10.0. The Morgan fingerprint density at radius 2 is 1.45 bits per heavy atom. The molecule has 3 aromatic rings. The van der Waals surface area contributed by atoms with Gasteiger partial charge in [0.25, 0.3) is 0 Å². The van der Waals surface area contributed by atoms with E-state index < -0.39 is 6.04 Å². The lowest BCUT2D eigenvalue weighted by Gasteiger charge is -2.20. The van der Waals surface area contributed by atoms with Crippen molar-refractivity contribution in [2.45, 2.75) is 12.1 Å². The van der Waals surface area contributed by atoms with E-state index in [1.54, 1.807) is 25.3 Å². The normalized spacial score (nSPS) is 12.0. The van der Waals surface area contributed by atoms with E-state index in [1.165, 1.54) is 20.3 Å². The SMILES string of the molecule is COCCOCOc1c(OC)cc(C=CC(=O)C(N)COC(c2ccccc2)c2ccccc2)cc1OC. The van der Waals surface area contributed by atoms with E-state index in [0.717, 1.165) is 11.1 Å². The number of nitrogens with two attached hydrogens (primary N) is 1. The van der Waals surface area contributed by atoms with Crippen LogP contribution in [0.4, 0.5) is 0 Å². The van der Waals surface area contributed by atoms with E-state index in [0.29, 0.717) is 36.0 Å². The maximum atomic E-state index is 12.8. The topological polar surface area (TPSA) is 98.5 Å². The first-order valence-corrected chi connectivity index (χ1v) is 12.2. The molecular formula is C30H35NO7. The summed E-state index contributed by atoms with van der Waals surface area (Å²) in [6.45, 7) is 0.916. The highest BCUT2D eigenvalue weighted by Crippen LogP contribution is 2.39. The van der Waals surface area contributed by atoms with Gasteiger partial charge in [0.05, 0.1) is 40.1 Å². The Hall–Kier alpha value is -3.69. The molecule has 8 heteroatoms. The lowest BCUT2D eigenvalue weighted by molar-refractivity contribution is -0.117. The molecule has 0 bridgehead atoms. The molecule has 0 aliphatic heterocycles.